The molecule has 2 rings (SSSR count). The van der Waals surface area contributed by atoms with Gasteiger partial charge in [-0.25, -0.2) is 0 Å². The minimum absolute atomic E-state index is 0.114. The molecule has 1 aliphatic rings. The van der Waals surface area contributed by atoms with Gasteiger partial charge in [-0.2, -0.15) is 0 Å². The zero-order chi connectivity index (χ0) is 15.9. The van der Waals surface area contributed by atoms with Crippen molar-refractivity contribution in [3.63, 3.8) is 0 Å². The Morgan fingerprint density at radius 3 is 2.82 bits per heavy atom. The van der Waals surface area contributed by atoms with Crippen LogP contribution in [0.2, 0.25) is 0 Å². The summed E-state index contributed by atoms with van der Waals surface area (Å²) in [7, 11) is 0. The predicted octanol–water partition coefficient (Wildman–Crippen LogP) is 2.47. The minimum atomic E-state index is -0.298. The number of esters is 1. The fraction of sp³-hybridized carbons (Fsp3) is 0.438. The zero-order valence-corrected chi connectivity index (χ0v) is 13.3. The highest BCUT2D eigenvalue weighted by atomic mass is 32.1. The van der Waals surface area contributed by atoms with Crippen LogP contribution in [0.5, 0.6) is 0 Å². The Balaban J connectivity index is 1.80. The van der Waals surface area contributed by atoms with E-state index in [1.54, 1.807) is 12.1 Å². The van der Waals surface area contributed by atoms with Crippen molar-refractivity contribution < 1.29 is 19.1 Å². The van der Waals surface area contributed by atoms with Crippen LogP contribution in [0.15, 0.2) is 24.3 Å². The number of hydrogen-bond acceptors (Lipinski definition) is 5. The second kappa shape index (κ2) is 7.89. The van der Waals surface area contributed by atoms with Gasteiger partial charge in [-0.3, -0.25) is 14.4 Å². The lowest BCUT2D eigenvalue weighted by Crippen LogP contribution is -2.21. The second-order valence-electron chi connectivity index (χ2n) is 5.19. The Bertz CT molecular complexity index is 591. The molecule has 1 aliphatic carbocycles. The first-order chi connectivity index (χ1) is 10.6. The molecule has 1 atom stereocenters. The molecule has 0 unspecified atom stereocenters. The van der Waals surface area contributed by atoms with Gasteiger partial charge in [0, 0.05) is 11.8 Å². The van der Waals surface area contributed by atoms with Gasteiger partial charge in [-0.05, 0) is 31.4 Å². The maximum Gasteiger partial charge on any atom is 0.309 e. The SMILES string of the molecule is CC(=O)NCc1ccc(C(=O)COC(=O)[C@H]2CC=CCC2)s1. The van der Waals surface area contributed by atoms with Crippen LogP contribution in [0, 0.1) is 5.92 Å². The summed E-state index contributed by atoms with van der Waals surface area (Å²) in [5, 5.41) is 2.68. The van der Waals surface area contributed by atoms with E-state index in [2.05, 4.69) is 11.4 Å². The van der Waals surface area contributed by atoms with Crippen LogP contribution in [-0.4, -0.2) is 24.3 Å². The van der Waals surface area contributed by atoms with Crippen molar-refractivity contribution in [2.45, 2.75) is 32.7 Å². The molecule has 1 amide bonds. The molecule has 1 N–H and O–H groups in total. The monoisotopic (exact) mass is 321 g/mol. The van der Waals surface area contributed by atoms with Gasteiger partial charge in [-0.15, -0.1) is 11.3 Å². The lowest BCUT2D eigenvalue weighted by atomic mass is 9.95. The molecule has 0 aliphatic heterocycles. The van der Waals surface area contributed by atoms with E-state index in [1.165, 1.54) is 18.3 Å². The third-order valence-corrected chi connectivity index (χ3v) is 4.52. The van der Waals surface area contributed by atoms with Crippen LogP contribution >= 0.6 is 11.3 Å². The molecule has 1 heterocycles. The summed E-state index contributed by atoms with van der Waals surface area (Å²) < 4.78 is 5.12. The van der Waals surface area contributed by atoms with Crippen molar-refractivity contribution >= 4 is 29.0 Å². The number of ether oxygens (including phenoxy) is 1. The van der Waals surface area contributed by atoms with Crippen LogP contribution in [0.1, 0.15) is 40.7 Å². The average molecular weight is 321 g/mol. The molecule has 5 nitrogen and oxygen atoms in total. The fourth-order valence-electron chi connectivity index (χ4n) is 2.17. The van der Waals surface area contributed by atoms with Gasteiger partial charge in [-0.1, -0.05) is 12.2 Å². The van der Waals surface area contributed by atoms with Crippen molar-refractivity contribution in [3.05, 3.63) is 34.0 Å². The van der Waals surface area contributed by atoms with Gasteiger partial charge in [0.2, 0.25) is 11.7 Å². The average Bonchev–Trinajstić information content (AvgIpc) is 3.00. The minimum Gasteiger partial charge on any atom is -0.457 e. The van der Waals surface area contributed by atoms with Gasteiger partial charge in [0.15, 0.2) is 6.61 Å². The van der Waals surface area contributed by atoms with Crippen molar-refractivity contribution in [1.29, 1.82) is 0 Å². The van der Waals surface area contributed by atoms with Gasteiger partial charge in [0.25, 0.3) is 0 Å². The first-order valence-corrected chi connectivity index (χ1v) is 8.06. The van der Waals surface area contributed by atoms with Crippen molar-refractivity contribution in [1.82, 2.24) is 5.32 Å². The summed E-state index contributed by atoms with van der Waals surface area (Å²) in [6.07, 6.45) is 6.38. The quantitative estimate of drug-likeness (QED) is 0.496. The van der Waals surface area contributed by atoms with Crippen molar-refractivity contribution in [2.75, 3.05) is 6.61 Å². The van der Waals surface area contributed by atoms with Gasteiger partial charge in [0.05, 0.1) is 17.3 Å². The summed E-state index contributed by atoms with van der Waals surface area (Å²) in [5.41, 5.74) is 0. The number of nitrogens with one attached hydrogen (secondary N) is 1. The molecule has 6 heteroatoms. The molecule has 1 aromatic rings. The predicted molar refractivity (Wildman–Crippen MR) is 83.6 cm³/mol. The van der Waals surface area contributed by atoms with Crippen molar-refractivity contribution in [3.8, 4) is 0 Å². The van der Waals surface area contributed by atoms with Crippen molar-refractivity contribution in [2.24, 2.45) is 5.92 Å². The molecule has 1 aromatic heterocycles. The largest absolute Gasteiger partial charge is 0.457 e. The highest BCUT2D eigenvalue weighted by Crippen LogP contribution is 2.20. The van der Waals surface area contributed by atoms with E-state index >= 15 is 0 Å². The maximum atomic E-state index is 12.0. The highest BCUT2D eigenvalue weighted by Gasteiger charge is 2.21. The molecule has 0 bridgehead atoms. The topological polar surface area (TPSA) is 72.5 Å². The number of thiophene rings is 1. The fourth-order valence-corrected chi connectivity index (χ4v) is 3.04. The maximum absolute atomic E-state index is 12.0. The van der Waals surface area contributed by atoms with Crippen LogP contribution in [0.3, 0.4) is 0 Å². The smallest absolute Gasteiger partial charge is 0.309 e. The van der Waals surface area contributed by atoms with Crippen LogP contribution < -0.4 is 5.32 Å². The Morgan fingerprint density at radius 2 is 2.14 bits per heavy atom. The zero-order valence-electron chi connectivity index (χ0n) is 12.5. The van der Waals surface area contributed by atoms with Gasteiger partial charge < -0.3 is 10.1 Å². The summed E-state index contributed by atoms with van der Waals surface area (Å²) in [6, 6.07) is 3.49. The summed E-state index contributed by atoms with van der Waals surface area (Å²) in [6.45, 7) is 1.63. The lowest BCUT2D eigenvalue weighted by Gasteiger charge is -2.15. The van der Waals surface area contributed by atoms with Crippen LogP contribution in [0.25, 0.3) is 0 Å². The third kappa shape index (κ3) is 4.80. The van der Waals surface area contributed by atoms with E-state index in [4.69, 9.17) is 4.74 Å². The number of Topliss-reactive ketones (excluding diaryl/α,β-unsaturated/α-hetero) is 1. The molecular weight excluding hydrogens is 302 g/mol. The lowest BCUT2D eigenvalue weighted by molar-refractivity contribution is -0.147. The number of hydrogen-bond donors (Lipinski definition) is 1. The molecule has 0 radical (unpaired) electrons. The standard InChI is InChI=1S/C16H19NO4S/c1-11(18)17-9-13-7-8-15(22-13)14(19)10-21-16(20)12-5-3-2-4-6-12/h2-3,7-8,12H,4-6,9-10H2,1H3,(H,17,18)/t12-/m0/s1. The third-order valence-electron chi connectivity index (χ3n) is 3.40. The number of amides is 1. The summed E-state index contributed by atoms with van der Waals surface area (Å²) in [5.74, 6) is -0.750. The molecule has 0 spiro atoms. The van der Waals surface area contributed by atoms with E-state index in [-0.39, 0.29) is 30.2 Å². The Kier molecular flexibility index (Phi) is 5.89. The summed E-state index contributed by atoms with van der Waals surface area (Å²) in [4.78, 5) is 36.2. The van der Waals surface area contributed by atoms with Crippen LogP contribution in [-0.2, 0) is 20.9 Å². The Hall–Kier alpha value is -1.95. The molecule has 0 saturated carbocycles. The Labute approximate surface area is 133 Å². The molecule has 118 valence electrons. The molecular formula is C16H19NO4S. The van der Waals surface area contributed by atoms with E-state index in [1.807, 2.05) is 6.08 Å². The van der Waals surface area contributed by atoms with E-state index in [0.29, 0.717) is 17.8 Å². The molecule has 0 fully saturated rings. The molecule has 0 aromatic carbocycles. The molecule has 0 saturated heterocycles. The number of ketones is 1. The first-order valence-electron chi connectivity index (χ1n) is 7.24. The summed E-state index contributed by atoms with van der Waals surface area (Å²) >= 11 is 1.30. The number of carbonyl (C=O) groups is 3. The second-order valence-corrected chi connectivity index (χ2v) is 6.36. The number of allylic oxidation sites excluding steroid dienone is 2. The highest BCUT2D eigenvalue weighted by molar-refractivity contribution is 7.14. The number of rotatable bonds is 6. The Morgan fingerprint density at radius 1 is 1.32 bits per heavy atom. The number of carbonyl (C=O) groups excluding carboxylic acids is 3. The van der Waals surface area contributed by atoms with Gasteiger partial charge >= 0.3 is 5.97 Å². The van der Waals surface area contributed by atoms with E-state index in [9.17, 15) is 14.4 Å². The van der Waals surface area contributed by atoms with Gasteiger partial charge in [0.1, 0.15) is 0 Å². The van der Waals surface area contributed by atoms with Crippen LogP contribution in [0.4, 0.5) is 0 Å². The van der Waals surface area contributed by atoms with E-state index in [0.717, 1.165) is 17.7 Å². The molecule has 22 heavy (non-hydrogen) atoms. The normalized spacial score (nSPS) is 17.0. The van der Waals surface area contributed by atoms with E-state index < -0.39 is 0 Å². The first kappa shape index (κ1) is 16.4.